The third-order valence-corrected chi connectivity index (χ3v) is 5.73. The molecule has 0 saturated heterocycles. The average molecular weight is 519 g/mol. The Morgan fingerprint density at radius 1 is 0.947 bits per heavy atom. The second kappa shape index (κ2) is 13.2. The number of nitrogens with zero attached hydrogens (tertiary/aromatic N) is 6. The first-order chi connectivity index (χ1) is 18.6. The molecule has 0 N–H and O–H groups in total. The molecule has 4 aromatic rings. The monoisotopic (exact) mass is 518 g/mol. The van der Waals surface area contributed by atoms with Crippen molar-refractivity contribution in [1.82, 2.24) is 29.8 Å². The molecule has 11 heteroatoms. The highest BCUT2D eigenvalue weighted by Gasteiger charge is 2.20. The van der Waals surface area contributed by atoms with Crippen LogP contribution in [0.15, 0.2) is 60.8 Å². The molecular weight excluding hydrogens is 488 g/mol. The molecule has 0 atom stereocenters. The van der Waals surface area contributed by atoms with E-state index in [2.05, 4.69) is 39.5 Å². The maximum absolute atomic E-state index is 12.3. The molecule has 11 nitrogen and oxygen atoms in total. The molecule has 2 heterocycles. The highest BCUT2D eigenvalue weighted by Crippen LogP contribution is 2.19. The maximum Gasteiger partial charge on any atom is 0.375 e. The van der Waals surface area contributed by atoms with Gasteiger partial charge in [-0.1, -0.05) is 67.4 Å². The predicted molar refractivity (Wildman–Crippen MR) is 138 cm³/mol. The van der Waals surface area contributed by atoms with Crippen LogP contribution in [-0.2, 0) is 27.4 Å². The molecule has 4 rings (SSSR count). The van der Waals surface area contributed by atoms with Crippen molar-refractivity contribution in [2.75, 3.05) is 20.3 Å². The first kappa shape index (κ1) is 26.7. The number of unbranched alkanes of at least 4 members (excludes halogenated alkanes) is 2. The van der Waals surface area contributed by atoms with Crippen molar-refractivity contribution in [3.8, 4) is 17.2 Å². The molecule has 0 bridgehead atoms. The number of methoxy groups -OCH3 is 1. The van der Waals surface area contributed by atoms with E-state index in [0.29, 0.717) is 11.3 Å². The molecule has 0 aliphatic heterocycles. The van der Waals surface area contributed by atoms with Gasteiger partial charge in [0.1, 0.15) is 19.0 Å². The molecule has 2 aromatic heterocycles. The Morgan fingerprint density at radius 3 is 2.47 bits per heavy atom. The highest BCUT2D eigenvalue weighted by atomic mass is 16.6. The number of aromatic nitrogens is 6. The minimum Gasteiger partial charge on any atom is -0.463 e. The van der Waals surface area contributed by atoms with Crippen LogP contribution in [-0.4, -0.2) is 62.0 Å². The molecule has 0 radical (unpaired) electrons. The van der Waals surface area contributed by atoms with E-state index in [0.717, 1.165) is 12.0 Å². The topological polar surface area (TPSA) is 123 Å². The van der Waals surface area contributed by atoms with Crippen molar-refractivity contribution in [3.63, 3.8) is 0 Å². The van der Waals surface area contributed by atoms with Gasteiger partial charge in [-0.15, -0.1) is 10.2 Å². The van der Waals surface area contributed by atoms with E-state index in [4.69, 9.17) is 14.2 Å². The Kier molecular flexibility index (Phi) is 9.30. The fourth-order valence-electron chi connectivity index (χ4n) is 3.68. The molecule has 2 aromatic carbocycles. The van der Waals surface area contributed by atoms with Gasteiger partial charge in [0.15, 0.2) is 0 Å². The van der Waals surface area contributed by atoms with Crippen molar-refractivity contribution in [2.24, 2.45) is 0 Å². The maximum atomic E-state index is 12.3. The fraction of sp³-hybridized carbons (Fsp3) is 0.333. The van der Waals surface area contributed by atoms with E-state index in [1.807, 2.05) is 18.2 Å². The fourth-order valence-corrected chi connectivity index (χ4v) is 3.68. The van der Waals surface area contributed by atoms with Gasteiger partial charge in [0.05, 0.1) is 25.5 Å². The molecule has 0 spiro atoms. The van der Waals surface area contributed by atoms with Crippen LogP contribution in [0.25, 0.3) is 17.2 Å². The second-order valence-electron chi connectivity index (χ2n) is 8.47. The van der Waals surface area contributed by atoms with E-state index in [9.17, 15) is 9.59 Å². The third kappa shape index (κ3) is 6.88. The summed E-state index contributed by atoms with van der Waals surface area (Å²) in [7, 11) is 1.25. The summed E-state index contributed by atoms with van der Waals surface area (Å²) in [4.78, 5) is 28.5. The molecule has 0 unspecified atom stereocenters. The molecule has 198 valence electrons. The van der Waals surface area contributed by atoms with Gasteiger partial charge >= 0.3 is 11.9 Å². The lowest BCUT2D eigenvalue weighted by atomic mass is 10.0. The van der Waals surface area contributed by atoms with Crippen LogP contribution in [0, 0.1) is 0 Å². The summed E-state index contributed by atoms with van der Waals surface area (Å²) in [5.74, 6) is -1.04. The summed E-state index contributed by atoms with van der Waals surface area (Å²) in [6, 6.07) is 16.9. The van der Waals surface area contributed by atoms with Gasteiger partial charge in [0.25, 0.3) is 5.95 Å². The quantitative estimate of drug-likeness (QED) is 0.192. The lowest BCUT2D eigenvalue weighted by Crippen LogP contribution is -2.17. The van der Waals surface area contributed by atoms with Crippen molar-refractivity contribution < 1.29 is 23.8 Å². The zero-order valence-corrected chi connectivity index (χ0v) is 21.4. The first-order valence-corrected chi connectivity index (χ1v) is 12.4. The summed E-state index contributed by atoms with van der Waals surface area (Å²) in [6.45, 7) is 2.21. The third-order valence-electron chi connectivity index (χ3n) is 5.73. The number of benzene rings is 2. The van der Waals surface area contributed by atoms with Crippen LogP contribution in [0.5, 0.6) is 0 Å². The van der Waals surface area contributed by atoms with E-state index in [1.54, 1.807) is 30.5 Å². The molecule has 38 heavy (non-hydrogen) atoms. The number of hydrogen-bond donors (Lipinski definition) is 0. The van der Waals surface area contributed by atoms with E-state index >= 15 is 0 Å². The lowest BCUT2D eigenvalue weighted by molar-refractivity contribution is 0.0129. The first-order valence-electron chi connectivity index (χ1n) is 12.4. The molecular formula is C27H30N6O5. The summed E-state index contributed by atoms with van der Waals surface area (Å²) < 4.78 is 18.2. The molecule has 0 fully saturated rings. The number of ether oxygens (including phenoxy) is 3. The van der Waals surface area contributed by atoms with Gasteiger partial charge in [-0.2, -0.15) is 9.67 Å². The normalized spacial score (nSPS) is 10.9. The SMILES string of the molecule is CCCCCc1ccc(-c2cn(-c3nc(C(=O)OC)n(COCCOC(=O)c4ccccc4)n3)nn2)cc1. The Balaban J connectivity index is 1.37. The van der Waals surface area contributed by atoms with Gasteiger partial charge in [-0.05, 0) is 30.5 Å². The van der Waals surface area contributed by atoms with Gasteiger partial charge in [-0.25, -0.2) is 14.3 Å². The van der Waals surface area contributed by atoms with Crippen LogP contribution in [0.1, 0.15) is 52.7 Å². The molecule has 0 aliphatic carbocycles. The van der Waals surface area contributed by atoms with Gasteiger partial charge < -0.3 is 14.2 Å². The van der Waals surface area contributed by atoms with Crippen molar-refractivity contribution in [3.05, 3.63) is 77.7 Å². The lowest BCUT2D eigenvalue weighted by Gasteiger charge is -2.07. The smallest absolute Gasteiger partial charge is 0.375 e. The van der Waals surface area contributed by atoms with Crippen molar-refractivity contribution in [2.45, 2.75) is 39.3 Å². The zero-order chi connectivity index (χ0) is 26.7. The highest BCUT2D eigenvalue weighted by molar-refractivity contribution is 5.89. The Bertz CT molecular complexity index is 1330. The zero-order valence-electron chi connectivity index (χ0n) is 21.4. The molecule has 0 aliphatic rings. The summed E-state index contributed by atoms with van der Waals surface area (Å²) in [5.41, 5.74) is 3.30. The predicted octanol–water partition coefficient (Wildman–Crippen LogP) is 3.88. The minimum absolute atomic E-state index is 0.0344. The summed E-state index contributed by atoms with van der Waals surface area (Å²) >= 11 is 0. The van der Waals surface area contributed by atoms with Crippen molar-refractivity contribution >= 4 is 11.9 Å². The number of carbonyl (C=O) groups excluding carboxylic acids is 2. The summed E-state index contributed by atoms with van der Waals surface area (Å²) in [6.07, 6.45) is 6.33. The number of rotatable bonds is 13. The van der Waals surface area contributed by atoms with Crippen LogP contribution in [0.2, 0.25) is 0 Å². The van der Waals surface area contributed by atoms with Gasteiger partial charge in [-0.3, -0.25) is 0 Å². The Morgan fingerprint density at radius 2 is 1.74 bits per heavy atom. The van der Waals surface area contributed by atoms with Gasteiger partial charge in [0.2, 0.25) is 5.82 Å². The van der Waals surface area contributed by atoms with Crippen LogP contribution in [0.4, 0.5) is 0 Å². The number of hydrogen-bond acceptors (Lipinski definition) is 9. The molecule has 0 saturated carbocycles. The standard InChI is InChI=1S/C27H30N6O5/c1-3-4-6-9-20-12-14-21(15-13-20)23-18-32(31-29-23)27-28-24(26(35)36-2)33(30-27)19-37-16-17-38-25(34)22-10-7-5-8-11-22/h5,7-8,10-15,18H,3-4,6,9,16-17,19H2,1-2H3. The molecule has 0 amide bonds. The Hall–Kier alpha value is -4.38. The minimum atomic E-state index is -0.679. The summed E-state index contributed by atoms with van der Waals surface area (Å²) in [5, 5.41) is 12.7. The number of aryl methyl sites for hydroxylation is 1. The van der Waals surface area contributed by atoms with Crippen LogP contribution >= 0.6 is 0 Å². The number of carbonyl (C=O) groups is 2. The second-order valence-corrected chi connectivity index (χ2v) is 8.47. The van der Waals surface area contributed by atoms with Crippen LogP contribution < -0.4 is 0 Å². The Labute approximate surface area is 220 Å². The van der Waals surface area contributed by atoms with E-state index in [-0.39, 0.29) is 31.7 Å². The largest absolute Gasteiger partial charge is 0.463 e. The van der Waals surface area contributed by atoms with Crippen LogP contribution in [0.3, 0.4) is 0 Å². The van der Waals surface area contributed by atoms with E-state index in [1.165, 1.54) is 41.3 Å². The number of esters is 2. The van der Waals surface area contributed by atoms with E-state index < -0.39 is 11.9 Å². The van der Waals surface area contributed by atoms with Crippen molar-refractivity contribution in [1.29, 1.82) is 0 Å². The van der Waals surface area contributed by atoms with Gasteiger partial charge in [0, 0.05) is 5.56 Å². The average Bonchev–Trinajstić information content (AvgIpc) is 3.61.